The van der Waals surface area contributed by atoms with E-state index in [1.165, 1.54) is 0 Å². The summed E-state index contributed by atoms with van der Waals surface area (Å²) in [5.41, 5.74) is 1.30. The summed E-state index contributed by atoms with van der Waals surface area (Å²) in [5.74, 6) is -0.695. The second-order valence-corrected chi connectivity index (χ2v) is 6.20. The summed E-state index contributed by atoms with van der Waals surface area (Å²) < 4.78 is 2.79. The first-order valence-corrected chi connectivity index (χ1v) is 8.14. The van der Waals surface area contributed by atoms with E-state index in [2.05, 4.69) is 34.9 Å². The van der Waals surface area contributed by atoms with Gasteiger partial charge >= 0.3 is 5.97 Å². The van der Waals surface area contributed by atoms with Crippen molar-refractivity contribution >= 4 is 21.9 Å². The van der Waals surface area contributed by atoms with E-state index in [4.69, 9.17) is 0 Å². The number of hydrogen-bond donors (Lipinski definition) is 1. The van der Waals surface area contributed by atoms with Gasteiger partial charge in [-0.05, 0) is 35.2 Å². The summed E-state index contributed by atoms with van der Waals surface area (Å²) in [6.07, 6.45) is 4.69. The molecule has 1 unspecified atom stereocenters. The maximum Gasteiger partial charge on any atom is 0.310 e. The predicted octanol–water partition coefficient (Wildman–Crippen LogP) is 3.96. The van der Waals surface area contributed by atoms with Crippen molar-refractivity contribution in [3.05, 3.63) is 15.9 Å². The van der Waals surface area contributed by atoms with Crippen molar-refractivity contribution in [3.8, 4) is 0 Å². The number of aryl methyl sites for hydroxylation is 2. The first-order chi connectivity index (χ1) is 9.41. The van der Waals surface area contributed by atoms with Crippen molar-refractivity contribution < 1.29 is 9.90 Å². The first kappa shape index (κ1) is 17.2. The van der Waals surface area contributed by atoms with E-state index in [0.717, 1.165) is 35.1 Å². The Morgan fingerprint density at radius 2 is 2.05 bits per heavy atom. The second kappa shape index (κ2) is 7.25. The molecular weight excluding hydrogens is 320 g/mol. The minimum Gasteiger partial charge on any atom is -0.481 e. The van der Waals surface area contributed by atoms with Gasteiger partial charge in [0.25, 0.3) is 0 Å². The molecule has 0 saturated carbocycles. The van der Waals surface area contributed by atoms with E-state index in [0.29, 0.717) is 19.3 Å². The maximum absolute atomic E-state index is 11.8. The molecule has 1 atom stereocenters. The average molecular weight is 345 g/mol. The molecule has 1 aromatic rings. The largest absolute Gasteiger partial charge is 0.481 e. The topological polar surface area (TPSA) is 55.1 Å². The Labute approximate surface area is 129 Å². The van der Waals surface area contributed by atoms with E-state index < -0.39 is 11.4 Å². The van der Waals surface area contributed by atoms with Crippen LogP contribution in [0.25, 0.3) is 0 Å². The van der Waals surface area contributed by atoms with Gasteiger partial charge in [-0.25, -0.2) is 0 Å². The van der Waals surface area contributed by atoms with Gasteiger partial charge in [-0.3, -0.25) is 9.48 Å². The molecular formula is C15H25BrN2O2. The lowest BCUT2D eigenvalue weighted by Crippen LogP contribution is -2.33. The summed E-state index contributed by atoms with van der Waals surface area (Å²) in [4.78, 5) is 11.8. The lowest BCUT2D eigenvalue weighted by atomic mass is 9.76. The van der Waals surface area contributed by atoms with Crippen molar-refractivity contribution in [1.82, 2.24) is 9.78 Å². The van der Waals surface area contributed by atoms with E-state index >= 15 is 0 Å². The van der Waals surface area contributed by atoms with Gasteiger partial charge in [0.2, 0.25) is 0 Å². The highest BCUT2D eigenvalue weighted by Gasteiger charge is 2.38. The number of halogens is 1. The molecule has 4 nitrogen and oxygen atoms in total. The molecule has 0 amide bonds. The fraction of sp³-hybridized carbons (Fsp3) is 0.733. The molecule has 0 fully saturated rings. The summed E-state index contributed by atoms with van der Waals surface area (Å²) in [6.45, 7) is 6.12. The summed E-state index contributed by atoms with van der Waals surface area (Å²) >= 11 is 3.59. The predicted molar refractivity (Wildman–Crippen MR) is 83.9 cm³/mol. The third kappa shape index (κ3) is 3.43. The molecule has 0 saturated heterocycles. The lowest BCUT2D eigenvalue weighted by molar-refractivity contribution is -0.149. The zero-order chi connectivity index (χ0) is 15.3. The molecule has 1 aromatic heterocycles. The zero-order valence-electron chi connectivity index (χ0n) is 12.9. The standard InChI is InChI=1S/C15H25BrN2O2/c1-5-8-9-15(7-3,14(19)20)10-12-13(16)11(6-2)17-18(12)4/h5-10H2,1-4H3,(H,19,20). The number of carboxylic acids is 1. The molecule has 1 heterocycles. The number of rotatable bonds is 8. The van der Waals surface area contributed by atoms with Crippen LogP contribution < -0.4 is 0 Å². The average Bonchev–Trinajstić information content (AvgIpc) is 2.69. The summed E-state index contributed by atoms with van der Waals surface area (Å²) in [7, 11) is 1.89. The highest BCUT2D eigenvalue weighted by Crippen LogP contribution is 2.36. The summed E-state index contributed by atoms with van der Waals surface area (Å²) in [6, 6.07) is 0. The number of hydrogen-bond acceptors (Lipinski definition) is 2. The number of carbonyl (C=O) groups is 1. The van der Waals surface area contributed by atoms with Crippen LogP contribution in [0.3, 0.4) is 0 Å². The van der Waals surface area contributed by atoms with Crippen LogP contribution >= 0.6 is 15.9 Å². The number of aromatic nitrogens is 2. The zero-order valence-corrected chi connectivity index (χ0v) is 14.5. The molecule has 20 heavy (non-hydrogen) atoms. The van der Waals surface area contributed by atoms with Crippen LogP contribution in [0.2, 0.25) is 0 Å². The molecule has 0 aliphatic rings. The number of nitrogens with zero attached hydrogens (tertiary/aromatic N) is 2. The Balaban J connectivity index is 3.12. The Hall–Kier alpha value is -0.840. The van der Waals surface area contributed by atoms with E-state index in [9.17, 15) is 9.90 Å². The van der Waals surface area contributed by atoms with Crippen LogP contribution in [0, 0.1) is 5.41 Å². The van der Waals surface area contributed by atoms with Crippen LogP contribution in [0.5, 0.6) is 0 Å². The minimum absolute atomic E-state index is 0.531. The van der Waals surface area contributed by atoms with Gasteiger partial charge in [0, 0.05) is 13.5 Å². The molecule has 1 N–H and O–H groups in total. The highest BCUT2D eigenvalue weighted by atomic mass is 79.9. The molecule has 1 rings (SSSR count). The Kier molecular flexibility index (Phi) is 6.24. The Morgan fingerprint density at radius 3 is 2.45 bits per heavy atom. The molecule has 0 spiro atoms. The van der Waals surface area contributed by atoms with Crippen LogP contribution in [0.4, 0.5) is 0 Å². The maximum atomic E-state index is 11.8. The van der Waals surface area contributed by atoms with Crippen LogP contribution in [0.15, 0.2) is 4.47 Å². The molecule has 0 bridgehead atoms. The van der Waals surface area contributed by atoms with Gasteiger partial charge in [0.1, 0.15) is 0 Å². The third-order valence-electron chi connectivity index (χ3n) is 4.15. The number of carboxylic acid groups (broad SMARTS) is 1. The van der Waals surface area contributed by atoms with Crippen molar-refractivity contribution in [2.75, 3.05) is 0 Å². The van der Waals surface area contributed by atoms with Crippen LogP contribution in [-0.2, 0) is 24.7 Å². The summed E-state index contributed by atoms with van der Waals surface area (Å²) in [5, 5.41) is 14.2. The monoisotopic (exact) mass is 344 g/mol. The fourth-order valence-electron chi connectivity index (χ4n) is 2.57. The van der Waals surface area contributed by atoms with Crippen molar-refractivity contribution in [2.24, 2.45) is 12.5 Å². The van der Waals surface area contributed by atoms with Gasteiger partial charge in [-0.15, -0.1) is 0 Å². The third-order valence-corrected chi connectivity index (χ3v) is 5.06. The molecule has 0 radical (unpaired) electrons. The van der Waals surface area contributed by atoms with Crippen molar-refractivity contribution in [1.29, 1.82) is 0 Å². The van der Waals surface area contributed by atoms with Gasteiger partial charge in [-0.1, -0.05) is 33.6 Å². The molecule has 114 valence electrons. The molecule has 0 aliphatic heterocycles. The molecule has 5 heteroatoms. The van der Waals surface area contributed by atoms with E-state index in [1.807, 2.05) is 18.7 Å². The number of unbranched alkanes of at least 4 members (excludes halogenated alkanes) is 1. The Bertz CT molecular complexity index is 471. The normalized spacial score (nSPS) is 14.2. The quantitative estimate of drug-likeness (QED) is 0.776. The Morgan fingerprint density at radius 1 is 1.40 bits per heavy atom. The first-order valence-electron chi connectivity index (χ1n) is 7.35. The van der Waals surface area contributed by atoms with E-state index in [-0.39, 0.29) is 0 Å². The number of aliphatic carboxylic acids is 1. The lowest BCUT2D eigenvalue weighted by Gasteiger charge is -2.28. The smallest absolute Gasteiger partial charge is 0.310 e. The van der Waals surface area contributed by atoms with Crippen LogP contribution in [-0.4, -0.2) is 20.9 Å². The van der Waals surface area contributed by atoms with Gasteiger partial charge in [0.15, 0.2) is 0 Å². The molecule has 0 aromatic carbocycles. The van der Waals surface area contributed by atoms with Gasteiger partial charge in [-0.2, -0.15) is 5.10 Å². The molecule has 0 aliphatic carbocycles. The van der Waals surface area contributed by atoms with Gasteiger partial charge in [0.05, 0.1) is 21.3 Å². The highest BCUT2D eigenvalue weighted by molar-refractivity contribution is 9.10. The fourth-order valence-corrected chi connectivity index (χ4v) is 3.33. The SMILES string of the molecule is CCCCC(CC)(Cc1c(Br)c(CC)nn1C)C(=O)O. The minimum atomic E-state index is -0.695. The van der Waals surface area contributed by atoms with E-state index in [1.54, 1.807) is 0 Å². The second-order valence-electron chi connectivity index (χ2n) is 5.40. The van der Waals surface area contributed by atoms with Gasteiger partial charge < -0.3 is 5.11 Å². The van der Waals surface area contributed by atoms with Crippen molar-refractivity contribution in [3.63, 3.8) is 0 Å². The van der Waals surface area contributed by atoms with Crippen LogP contribution in [0.1, 0.15) is 57.8 Å². The van der Waals surface area contributed by atoms with Crippen molar-refractivity contribution in [2.45, 2.75) is 59.3 Å².